The summed E-state index contributed by atoms with van der Waals surface area (Å²) < 4.78 is 39.9. The standard InChI is InChI=1S/C27H38FN3O4S/c1-8-24(26(33)29-19(2)3)30(17-20-9-13-22(28)14-10-20)25(32)18-31(36(7,34)35)23-15-11-21(12-16-23)27(4,5)6/h9-16,19,24H,8,17-18H2,1-7H3,(H,29,33)/t24-/m1/s1. The highest BCUT2D eigenvalue weighted by molar-refractivity contribution is 7.92. The number of hydrogen-bond acceptors (Lipinski definition) is 4. The van der Waals surface area contributed by atoms with Crippen molar-refractivity contribution in [3.63, 3.8) is 0 Å². The lowest BCUT2D eigenvalue weighted by molar-refractivity contribution is -0.140. The van der Waals surface area contributed by atoms with Crippen LogP contribution in [0.4, 0.5) is 10.1 Å². The minimum atomic E-state index is -3.81. The molecule has 0 bridgehead atoms. The maximum atomic E-state index is 13.6. The Morgan fingerprint density at radius 1 is 1.00 bits per heavy atom. The lowest BCUT2D eigenvalue weighted by Crippen LogP contribution is -2.53. The third-order valence-electron chi connectivity index (χ3n) is 5.78. The molecule has 0 radical (unpaired) electrons. The number of amides is 2. The Bertz CT molecular complexity index is 1140. The van der Waals surface area contributed by atoms with E-state index in [9.17, 15) is 22.4 Å². The Morgan fingerprint density at radius 3 is 2.00 bits per heavy atom. The van der Waals surface area contributed by atoms with Gasteiger partial charge in [-0.05, 0) is 61.1 Å². The Labute approximate surface area is 214 Å². The van der Waals surface area contributed by atoms with Crippen molar-refractivity contribution in [3.8, 4) is 0 Å². The molecular weight excluding hydrogens is 481 g/mol. The van der Waals surface area contributed by atoms with Crippen molar-refractivity contribution < 1.29 is 22.4 Å². The monoisotopic (exact) mass is 519 g/mol. The van der Waals surface area contributed by atoms with E-state index in [0.717, 1.165) is 16.1 Å². The smallest absolute Gasteiger partial charge is 0.244 e. The summed E-state index contributed by atoms with van der Waals surface area (Å²) in [7, 11) is -3.81. The molecule has 0 aromatic heterocycles. The summed E-state index contributed by atoms with van der Waals surface area (Å²) in [5.74, 6) is -1.28. The SMILES string of the molecule is CC[C@H](C(=O)NC(C)C)N(Cc1ccc(F)cc1)C(=O)CN(c1ccc(C(C)(C)C)cc1)S(C)(=O)=O. The van der Waals surface area contributed by atoms with Crippen LogP contribution >= 0.6 is 0 Å². The average Bonchev–Trinajstić information content (AvgIpc) is 2.76. The summed E-state index contributed by atoms with van der Waals surface area (Å²) in [4.78, 5) is 28.0. The van der Waals surface area contributed by atoms with E-state index in [1.165, 1.54) is 17.0 Å². The van der Waals surface area contributed by atoms with Crippen LogP contribution in [-0.4, -0.2) is 50.0 Å². The van der Waals surface area contributed by atoms with Gasteiger partial charge < -0.3 is 10.2 Å². The molecule has 0 fully saturated rings. The molecule has 0 unspecified atom stereocenters. The van der Waals surface area contributed by atoms with Gasteiger partial charge in [0.05, 0.1) is 11.9 Å². The highest BCUT2D eigenvalue weighted by Crippen LogP contribution is 2.26. The van der Waals surface area contributed by atoms with Gasteiger partial charge in [0.15, 0.2) is 0 Å². The lowest BCUT2D eigenvalue weighted by Gasteiger charge is -2.33. The van der Waals surface area contributed by atoms with Crippen LogP contribution in [0, 0.1) is 5.82 Å². The van der Waals surface area contributed by atoms with Gasteiger partial charge >= 0.3 is 0 Å². The van der Waals surface area contributed by atoms with E-state index in [1.54, 1.807) is 31.2 Å². The van der Waals surface area contributed by atoms with Gasteiger partial charge in [-0.3, -0.25) is 13.9 Å². The fourth-order valence-electron chi connectivity index (χ4n) is 3.83. The minimum Gasteiger partial charge on any atom is -0.352 e. The van der Waals surface area contributed by atoms with Crippen LogP contribution in [0.25, 0.3) is 0 Å². The number of carbonyl (C=O) groups excluding carboxylic acids is 2. The van der Waals surface area contributed by atoms with Crippen molar-refractivity contribution in [1.82, 2.24) is 10.2 Å². The molecule has 2 aromatic carbocycles. The van der Waals surface area contributed by atoms with Gasteiger partial charge in [0, 0.05) is 12.6 Å². The molecule has 2 amide bonds. The zero-order valence-corrected chi connectivity index (χ0v) is 23.0. The first-order chi connectivity index (χ1) is 16.6. The van der Waals surface area contributed by atoms with E-state index in [-0.39, 0.29) is 23.9 Å². The van der Waals surface area contributed by atoms with Crippen molar-refractivity contribution in [2.75, 3.05) is 17.1 Å². The maximum absolute atomic E-state index is 13.6. The van der Waals surface area contributed by atoms with Gasteiger partial charge in [0.2, 0.25) is 21.8 Å². The van der Waals surface area contributed by atoms with Crippen LogP contribution < -0.4 is 9.62 Å². The van der Waals surface area contributed by atoms with Crippen LogP contribution in [0.3, 0.4) is 0 Å². The number of halogens is 1. The molecule has 9 heteroatoms. The molecule has 1 atom stereocenters. The first kappa shape index (κ1) is 29.3. The van der Waals surface area contributed by atoms with Gasteiger partial charge in [-0.1, -0.05) is 52.0 Å². The molecule has 0 aliphatic rings. The predicted molar refractivity (Wildman–Crippen MR) is 142 cm³/mol. The molecule has 0 spiro atoms. The fourth-order valence-corrected chi connectivity index (χ4v) is 4.68. The largest absolute Gasteiger partial charge is 0.352 e. The molecule has 2 rings (SSSR count). The molecule has 0 saturated heterocycles. The number of anilines is 1. The average molecular weight is 520 g/mol. The Hall–Kier alpha value is -2.94. The van der Waals surface area contributed by atoms with E-state index in [1.807, 2.05) is 26.0 Å². The number of carbonyl (C=O) groups is 2. The molecule has 2 aromatic rings. The number of benzene rings is 2. The summed E-state index contributed by atoms with van der Waals surface area (Å²) in [5, 5.41) is 2.83. The number of nitrogens with zero attached hydrogens (tertiary/aromatic N) is 2. The van der Waals surface area contributed by atoms with E-state index in [0.29, 0.717) is 17.7 Å². The summed E-state index contributed by atoms with van der Waals surface area (Å²) in [5.41, 5.74) is 1.90. The Morgan fingerprint density at radius 2 is 1.56 bits per heavy atom. The minimum absolute atomic E-state index is 0.0314. The van der Waals surface area contributed by atoms with E-state index >= 15 is 0 Å². The molecule has 0 saturated carbocycles. The number of hydrogen-bond donors (Lipinski definition) is 1. The van der Waals surface area contributed by atoms with E-state index in [4.69, 9.17) is 0 Å². The van der Waals surface area contributed by atoms with Crippen LogP contribution in [0.5, 0.6) is 0 Å². The van der Waals surface area contributed by atoms with Crippen molar-refractivity contribution in [2.24, 2.45) is 0 Å². The summed E-state index contributed by atoms with van der Waals surface area (Å²) in [6, 6.07) is 11.8. The molecule has 36 heavy (non-hydrogen) atoms. The van der Waals surface area contributed by atoms with Crippen LogP contribution in [0.15, 0.2) is 48.5 Å². The van der Waals surface area contributed by atoms with Crippen LogP contribution in [0.1, 0.15) is 59.1 Å². The first-order valence-corrected chi connectivity index (χ1v) is 13.9. The molecule has 0 heterocycles. The quantitative estimate of drug-likeness (QED) is 0.509. The van der Waals surface area contributed by atoms with Crippen molar-refractivity contribution in [1.29, 1.82) is 0 Å². The predicted octanol–water partition coefficient (Wildman–Crippen LogP) is 4.22. The molecule has 0 aliphatic carbocycles. The summed E-state index contributed by atoms with van der Waals surface area (Å²) in [6.07, 6.45) is 1.37. The highest BCUT2D eigenvalue weighted by Gasteiger charge is 2.32. The normalized spacial score (nSPS) is 12.8. The van der Waals surface area contributed by atoms with Crippen molar-refractivity contribution in [2.45, 2.75) is 72.0 Å². The first-order valence-electron chi connectivity index (χ1n) is 12.1. The zero-order chi connectivity index (χ0) is 27.3. The van der Waals surface area contributed by atoms with Gasteiger partial charge in [-0.2, -0.15) is 0 Å². The molecule has 1 N–H and O–H groups in total. The second kappa shape index (κ2) is 11.9. The summed E-state index contributed by atoms with van der Waals surface area (Å²) in [6.45, 7) is 11.2. The molecule has 198 valence electrons. The van der Waals surface area contributed by atoms with E-state index < -0.39 is 34.3 Å². The molecular formula is C27H38FN3O4S. The Balaban J connectivity index is 2.44. The summed E-state index contributed by atoms with van der Waals surface area (Å²) >= 11 is 0. The van der Waals surface area contributed by atoms with Gasteiger partial charge in [0.1, 0.15) is 18.4 Å². The number of rotatable bonds is 10. The second-order valence-corrected chi connectivity index (χ2v) is 12.2. The van der Waals surface area contributed by atoms with Gasteiger partial charge in [0.25, 0.3) is 0 Å². The van der Waals surface area contributed by atoms with Crippen LogP contribution in [-0.2, 0) is 31.6 Å². The van der Waals surface area contributed by atoms with Crippen molar-refractivity contribution in [3.05, 3.63) is 65.5 Å². The lowest BCUT2D eigenvalue weighted by atomic mass is 9.87. The fraction of sp³-hybridized carbons (Fsp3) is 0.481. The van der Waals surface area contributed by atoms with E-state index in [2.05, 4.69) is 26.1 Å². The second-order valence-electron chi connectivity index (χ2n) is 10.3. The molecule has 7 nitrogen and oxygen atoms in total. The zero-order valence-electron chi connectivity index (χ0n) is 22.2. The third kappa shape index (κ3) is 8.05. The number of nitrogens with one attached hydrogen (secondary N) is 1. The van der Waals surface area contributed by atoms with Crippen molar-refractivity contribution >= 4 is 27.5 Å². The maximum Gasteiger partial charge on any atom is 0.244 e. The molecule has 0 aliphatic heterocycles. The van der Waals surface area contributed by atoms with Gasteiger partial charge in [-0.25, -0.2) is 12.8 Å². The Kier molecular flexibility index (Phi) is 9.65. The highest BCUT2D eigenvalue weighted by atomic mass is 32.2. The van der Waals surface area contributed by atoms with Crippen LogP contribution in [0.2, 0.25) is 0 Å². The topological polar surface area (TPSA) is 86.8 Å². The number of sulfonamides is 1. The third-order valence-corrected chi connectivity index (χ3v) is 6.92. The van der Waals surface area contributed by atoms with Gasteiger partial charge in [-0.15, -0.1) is 0 Å².